The van der Waals surface area contributed by atoms with Gasteiger partial charge in [-0.25, -0.2) is 13.4 Å². The maximum Gasteiger partial charge on any atom is 0.178 e. The molecule has 0 atom stereocenters. The van der Waals surface area contributed by atoms with Crippen LogP contribution in [0.1, 0.15) is 30.7 Å². The van der Waals surface area contributed by atoms with Crippen LogP contribution >= 0.6 is 0 Å². The van der Waals surface area contributed by atoms with Gasteiger partial charge in [-0.05, 0) is 74.6 Å². The summed E-state index contributed by atoms with van der Waals surface area (Å²) in [5.74, 6) is 0.762. The average Bonchev–Trinajstić information content (AvgIpc) is 3.13. The highest BCUT2D eigenvalue weighted by atomic mass is 32.2. The van der Waals surface area contributed by atoms with Gasteiger partial charge in [-0.15, -0.1) is 0 Å². The minimum Gasteiger partial charge on any atom is -0.346 e. The Bertz CT molecular complexity index is 990. The zero-order chi connectivity index (χ0) is 18.7. The van der Waals surface area contributed by atoms with Gasteiger partial charge < -0.3 is 9.88 Å². The highest BCUT2D eigenvalue weighted by Crippen LogP contribution is 2.32. The summed E-state index contributed by atoms with van der Waals surface area (Å²) in [5.41, 5.74) is 2.32. The Balaban J connectivity index is 1.29. The molecule has 0 amide bonds. The van der Waals surface area contributed by atoms with Crippen LogP contribution < -0.4 is 0 Å². The normalized spacial score (nSPS) is 16.7. The third-order valence-corrected chi connectivity index (χ3v) is 7.32. The smallest absolute Gasteiger partial charge is 0.178 e. The number of nitrogens with zero attached hydrogens (tertiary/aromatic N) is 2. The summed E-state index contributed by atoms with van der Waals surface area (Å²) in [4.78, 5) is 10.5. The summed E-state index contributed by atoms with van der Waals surface area (Å²) in [6, 6.07) is 12.9. The quantitative estimate of drug-likeness (QED) is 0.706. The molecule has 3 aromatic rings. The summed E-state index contributed by atoms with van der Waals surface area (Å²) in [7, 11) is -3.17. The van der Waals surface area contributed by atoms with Crippen molar-refractivity contribution < 1.29 is 8.42 Å². The number of hydrogen-bond acceptors (Lipinski definition) is 4. The van der Waals surface area contributed by atoms with Crippen LogP contribution in [-0.4, -0.2) is 48.7 Å². The summed E-state index contributed by atoms with van der Waals surface area (Å²) < 4.78 is 24.8. The lowest BCUT2D eigenvalue weighted by atomic mass is 9.89. The van der Waals surface area contributed by atoms with Gasteiger partial charge in [0.05, 0.1) is 10.6 Å². The van der Waals surface area contributed by atoms with E-state index in [-0.39, 0.29) is 5.75 Å². The van der Waals surface area contributed by atoms with Gasteiger partial charge in [0.25, 0.3) is 0 Å². The molecule has 1 N–H and O–H groups in total. The van der Waals surface area contributed by atoms with Crippen LogP contribution in [0.4, 0.5) is 0 Å². The molecule has 1 fully saturated rings. The lowest BCUT2D eigenvalue weighted by molar-refractivity contribution is 0.213. The largest absolute Gasteiger partial charge is 0.346 e. The Hall–Kier alpha value is -2.18. The van der Waals surface area contributed by atoms with Crippen LogP contribution in [0.15, 0.2) is 59.8 Å². The molecule has 4 rings (SSSR count). The Kier molecular flexibility index (Phi) is 5.27. The Morgan fingerprint density at radius 2 is 1.85 bits per heavy atom. The van der Waals surface area contributed by atoms with E-state index in [0.717, 1.165) is 38.1 Å². The minimum absolute atomic E-state index is 0.213. The standard InChI is InChI=1S/C21H25N3O2S/c25-27(26,18-6-2-1-3-7-18)15-5-12-24-13-9-17(10-14-24)20-16-23-21-19(20)8-4-11-22-21/h1-4,6-8,11,16-17H,5,9-10,12-15H2,(H,22,23). The van der Waals surface area contributed by atoms with Gasteiger partial charge in [0.1, 0.15) is 5.65 Å². The highest BCUT2D eigenvalue weighted by molar-refractivity contribution is 7.91. The van der Waals surface area contributed by atoms with E-state index >= 15 is 0 Å². The third kappa shape index (κ3) is 4.06. The van der Waals surface area contributed by atoms with Crippen LogP contribution in [0.5, 0.6) is 0 Å². The topological polar surface area (TPSA) is 66.1 Å². The number of benzene rings is 1. The fourth-order valence-electron chi connectivity index (χ4n) is 4.01. The van der Waals surface area contributed by atoms with Crippen LogP contribution in [0, 0.1) is 0 Å². The van der Waals surface area contributed by atoms with Crippen molar-refractivity contribution in [2.45, 2.75) is 30.1 Å². The van der Waals surface area contributed by atoms with E-state index < -0.39 is 9.84 Å². The number of sulfone groups is 1. The van der Waals surface area contributed by atoms with Crippen molar-refractivity contribution in [3.63, 3.8) is 0 Å². The van der Waals surface area contributed by atoms with E-state index in [4.69, 9.17) is 0 Å². The molecule has 142 valence electrons. The Morgan fingerprint density at radius 3 is 2.63 bits per heavy atom. The van der Waals surface area contributed by atoms with Crippen LogP contribution in [0.2, 0.25) is 0 Å². The number of piperidine rings is 1. The highest BCUT2D eigenvalue weighted by Gasteiger charge is 2.23. The fourth-order valence-corrected chi connectivity index (χ4v) is 5.32. The molecule has 1 aliphatic rings. The average molecular weight is 384 g/mol. The number of fused-ring (bicyclic) bond motifs is 1. The molecular formula is C21H25N3O2S. The van der Waals surface area contributed by atoms with Gasteiger partial charge in [0.2, 0.25) is 0 Å². The van der Waals surface area contributed by atoms with Crippen molar-refractivity contribution in [1.29, 1.82) is 0 Å². The zero-order valence-corrected chi connectivity index (χ0v) is 16.2. The van der Waals surface area contributed by atoms with Gasteiger partial charge in [-0.3, -0.25) is 0 Å². The van der Waals surface area contributed by atoms with Crippen LogP contribution in [0.3, 0.4) is 0 Å². The number of hydrogen-bond donors (Lipinski definition) is 1. The minimum atomic E-state index is -3.17. The van der Waals surface area contributed by atoms with Crippen molar-refractivity contribution in [2.24, 2.45) is 0 Å². The van der Waals surface area contributed by atoms with Gasteiger partial charge in [0.15, 0.2) is 9.84 Å². The van der Waals surface area contributed by atoms with Gasteiger partial charge >= 0.3 is 0 Å². The molecule has 1 aliphatic heterocycles. The number of aromatic nitrogens is 2. The molecule has 0 bridgehead atoms. The molecule has 27 heavy (non-hydrogen) atoms. The van der Waals surface area contributed by atoms with E-state index in [1.54, 1.807) is 24.3 Å². The van der Waals surface area contributed by atoms with Gasteiger partial charge in [-0.1, -0.05) is 18.2 Å². The Morgan fingerprint density at radius 1 is 1.07 bits per heavy atom. The van der Waals surface area contributed by atoms with Crippen molar-refractivity contribution in [3.05, 3.63) is 60.4 Å². The number of H-pyrrole nitrogens is 1. The number of rotatable bonds is 6. The molecule has 0 aliphatic carbocycles. The summed E-state index contributed by atoms with van der Waals surface area (Å²) in [6.07, 6.45) is 6.80. The third-order valence-electron chi connectivity index (χ3n) is 5.50. The van der Waals surface area contributed by atoms with Crippen LogP contribution in [0.25, 0.3) is 11.0 Å². The van der Waals surface area contributed by atoms with E-state index in [0.29, 0.717) is 17.2 Å². The summed E-state index contributed by atoms with van der Waals surface area (Å²) >= 11 is 0. The molecule has 1 saturated heterocycles. The van der Waals surface area contributed by atoms with E-state index in [9.17, 15) is 8.42 Å². The summed E-state index contributed by atoms with van der Waals surface area (Å²) in [5, 5.41) is 1.23. The van der Waals surface area contributed by atoms with E-state index in [1.807, 2.05) is 18.3 Å². The first kappa shape index (κ1) is 18.2. The second-order valence-electron chi connectivity index (χ2n) is 7.24. The van der Waals surface area contributed by atoms with Crippen molar-refractivity contribution >= 4 is 20.9 Å². The molecule has 3 heterocycles. The van der Waals surface area contributed by atoms with Crippen molar-refractivity contribution in [1.82, 2.24) is 14.9 Å². The van der Waals surface area contributed by atoms with E-state index in [1.165, 1.54) is 10.9 Å². The van der Waals surface area contributed by atoms with Crippen molar-refractivity contribution in [3.8, 4) is 0 Å². The maximum absolute atomic E-state index is 12.4. The predicted molar refractivity (Wildman–Crippen MR) is 108 cm³/mol. The molecular weight excluding hydrogens is 358 g/mol. The first-order chi connectivity index (χ1) is 13.1. The summed E-state index contributed by atoms with van der Waals surface area (Å²) in [6.45, 7) is 2.88. The second-order valence-corrected chi connectivity index (χ2v) is 9.35. The molecule has 2 aromatic heterocycles. The monoisotopic (exact) mass is 383 g/mol. The van der Waals surface area contributed by atoms with E-state index in [2.05, 4.69) is 27.1 Å². The van der Waals surface area contributed by atoms with Crippen molar-refractivity contribution in [2.75, 3.05) is 25.4 Å². The fraction of sp³-hybridized carbons (Fsp3) is 0.381. The second kappa shape index (κ2) is 7.82. The van der Waals surface area contributed by atoms with Gasteiger partial charge in [-0.2, -0.15) is 0 Å². The molecule has 0 saturated carbocycles. The van der Waals surface area contributed by atoms with Gasteiger partial charge in [0, 0.05) is 17.8 Å². The first-order valence-corrected chi connectivity index (χ1v) is 11.2. The predicted octanol–water partition coefficient (Wildman–Crippen LogP) is 3.61. The van der Waals surface area contributed by atoms with Crippen LogP contribution in [-0.2, 0) is 9.84 Å². The number of pyridine rings is 1. The molecule has 5 nitrogen and oxygen atoms in total. The lowest BCUT2D eigenvalue weighted by Crippen LogP contribution is -2.34. The lowest BCUT2D eigenvalue weighted by Gasteiger charge is -2.31. The Labute approximate surface area is 160 Å². The molecule has 1 aromatic carbocycles. The molecule has 0 radical (unpaired) electrons. The number of nitrogens with one attached hydrogen (secondary N) is 1. The number of aromatic amines is 1. The molecule has 0 spiro atoms. The molecule has 6 heteroatoms. The first-order valence-electron chi connectivity index (χ1n) is 9.56. The number of likely N-dealkylation sites (tertiary alicyclic amines) is 1. The zero-order valence-electron chi connectivity index (χ0n) is 15.3. The SMILES string of the molecule is O=S(=O)(CCCN1CCC(c2c[nH]c3ncccc23)CC1)c1ccccc1. The maximum atomic E-state index is 12.4. The molecule has 0 unspecified atom stereocenters.